The van der Waals surface area contributed by atoms with Gasteiger partial charge in [0.1, 0.15) is 0 Å². The normalized spacial score (nSPS) is 10.2. The van der Waals surface area contributed by atoms with Crippen LogP contribution >= 0.6 is 0 Å². The highest BCUT2D eigenvalue weighted by molar-refractivity contribution is 5.92. The molecule has 28 heavy (non-hydrogen) atoms. The highest BCUT2D eigenvalue weighted by Gasteiger charge is 2.10. The van der Waals surface area contributed by atoms with Crippen LogP contribution in [0.5, 0.6) is 0 Å². The lowest BCUT2D eigenvalue weighted by Gasteiger charge is -2.08. The molecule has 0 saturated heterocycles. The standard InChI is InChI=1S/C21H20N4O3/c1-14-6-3-4-7-16(14)13-22-20(26)18-10-11-19(25-24-18)23-17-9-5-8-15(12-17)21(27)28-2/h3-12H,13H2,1-2H3,(H,22,26)(H,23,25). The van der Waals surface area contributed by atoms with Crippen LogP contribution in [0.1, 0.15) is 32.0 Å². The number of ether oxygens (including phenoxy) is 1. The second-order valence-corrected chi connectivity index (χ2v) is 6.11. The smallest absolute Gasteiger partial charge is 0.337 e. The van der Waals surface area contributed by atoms with E-state index in [2.05, 4.69) is 20.8 Å². The second-order valence-electron chi connectivity index (χ2n) is 6.11. The summed E-state index contributed by atoms with van der Waals surface area (Å²) in [5.41, 5.74) is 3.47. The van der Waals surface area contributed by atoms with Crippen LogP contribution in [0.15, 0.2) is 60.7 Å². The molecule has 0 saturated carbocycles. The summed E-state index contributed by atoms with van der Waals surface area (Å²) in [5, 5.41) is 13.9. The predicted octanol–water partition coefficient (Wildman–Crippen LogP) is 3.25. The zero-order valence-corrected chi connectivity index (χ0v) is 15.6. The first-order valence-corrected chi connectivity index (χ1v) is 8.68. The van der Waals surface area contributed by atoms with E-state index in [4.69, 9.17) is 4.74 Å². The van der Waals surface area contributed by atoms with Crippen molar-refractivity contribution in [3.8, 4) is 0 Å². The molecule has 0 atom stereocenters. The average molecular weight is 376 g/mol. The summed E-state index contributed by atoms with van der Waals surface area (Å²) in [6.45, 7) is 2.42. The minimum absolute atomic E-state index is 0.224. The number of nitrogens with one attached hydrogen (secondary N) is 2. The maximum atomic E-state index is 12.3. The van der Waals surface area contributed by atoms with Crippen molar-refractivity contribution in [2.45, 2.75) is 13.5 Å². The van der Waals surface area contributed by atoms with Crippen LogP contribution < -0.4 is 10.6 Å². The third kappa shape index (κ3) is 4.70. The molecular formula is C21H20N4O3. The molecule has 1 heterocycles. The van der Waals surface area contributed by atoms with Crippen molar-refractivity contribution in [2.24, 2.45) is 0 Å². The first-order valence-electron chi connectivity index (χ1n) is 8.68. The van der Waals surface area contributed by atoms with E-state index in [1.165, 1.54) is 7.11 Å². The van der Waals surface area contributed by atoms with Crippen LogP contribution in [0.3, 0.4) is 0 Å². The molecule has 1 amide bonds. The molecule has 7 heteroatoms. The van der Waals surface area contributed by atoms with E-state index < -0.39 is 5.97 Å². The van der Waals surface area contributed by atoms with E-state index in [1.807, 2.05) is 31.2 Å². The number of hydrogen-bond acceptors (Lipinski definition) is 6. The number of carbonyl (C=O) groups is 2. The number of benzene rings is 2. The van der Waals surface area contributed by atoms with Gasteiger partial charge in [0.2, 0.25) is 0 Å². The zero-order chi connectivity index (χ0) is 19.9. The Morgan fingerprint density at radius 2 is 1.82 bits per heavy atom. The van der Waals surface area contributed by atoms with Gasteiger partial charge in [-0.15, -0.1) is 10.2 Å². The fourth-order valence-electron chi connectivity index (χ4n) is 2.58. The van der Waals surface area contributed by atoms with Gasteiger partial charge in [0, 0.05) is 12.2 Å². The summed E-state index contributed by atoms with van der Waals surface area (Å²) in [6.07, 6.45) is 0. The lowest BCUT2D eigenvalue weighted by atomic mass is 10.1. The summed E-state index contributed by atoms with van der Waals surface area (Å²) in [4.78, 5) is 23.9. The topological polar surface area (TPSA) is 93.2 Å². The maximum absolute atomic E-state index is 12.3. The Labute approximate surface area is 162 Å². The molecule has 7 nitrogen and oxygen atoms in total. The Hall–Kier alpha value is -3.74. The quantitative estimate of drug-likeness (QED) is 0.642. The molecule has 3 aromatic rings. The van der Waals surface area contributed by atoms with Gasteiger partial charge >= 0.3 is 5.97 Å². The van der Waals surface area contributed by atoms with Crippen LogP contribution in [0.2, 0.25) is 0 Å². The van der Waals surface area contributed by atoms with E-state index in [0.29, 0.717) is 23.6 Å². The number of methoxy groups -OCH3 is 1. The minimum Gasteiger partial charge on any atom is -0.465 e. The third-order valence-electron chi connectivity index (χ3n) is 4.15. The molecule has 1 aromatic heterocycles. The third-order valence-corrected chi connectivity index (χ3v) is 4.15. The number of aryl methyl sites for hydroxylation is 1. The summed E-state index contributed by atoms with van der Waals surface area (Å²) in [7, 11) is 1.33. The van der Waals surface area contributed by atoms with Crippen molar-refractivity contribution in [3.63, 3.8) is 0 Å². The second kappa shape index (κ2) is 8.77. The molecular weight excluding hydrogens is 356 g/mol. The van der Waals surface area contributed by atoms with Crippen LogP contribution in [0.25, 0.3) is 0 Å². The summed E-state index contributed by atoms with van der Waals surface area (Å²) < 4.78 is 4.71. The minimum atomic E-state index is -0.421. The Bertz CT molecular complexity index is 987. The molecule has 0 spiro atoms. The number of rotatable bonds is 6. The number of amides is 1. The van der Waals surface area contributed by atoms with Crippen molar-refractivity contribution >= 4 is 23.4 Å². The molecule has 2 aromatic carbocycles. The van der Waals surface area contributed by atoms with Crippen molar-refractivity contribution < 1.29 is 14.3 Å². The molecule has 0 fully saturated rings. The zero-order valence-electron chi connectivity index (χ0n) is 15.6. The number of nitrogens with zero attached hydrogens (tertiary/aromatic N) is 2. The Morgan fingerprint density at radius 1 is 1.00 bits per heavy atom. The van der Waals surface area contributed by atoms with E-state index >= 15 is 0 Å². The van der Waals surface area contributed by atoms with Crippen molar-refractivity contribution in [3.05, 3.63) is 83.0 Å². The van der Waals surface area contributed by atoms with Gasteiger partial charge in [-0.2, -0.15) is 0 Å². The Balaban J connectivity index is 1.62. The Kier molecular flexibility index (Phi) is 5.96. The molecule has 0 aliphatic heterocycles. The molecule has 0 aliphatic carbocycles. The monoisotopic (exact) mass is 376 g/mol. The molecule has 2 N–H and O–H groups in total. The first-order chi connectivity index (χ1) is 13.6. The van der Waals surface area contributed by atoms with Gasteiger partial charge in [0.15, 0.2) is 11.5 Å². The fourth-order valence-corrected chi connectivity index (χ4v) is 2.58. The van der Waals surface area contributed by atoms with Gasteiger partial charge < -0.3 is 15.4 Å². The molecule has 0 unspecified atom stereocenters. The lowest BCUT2D eigenvalue weighted by molar-refractivity contribution is 0.0600. The van der Waals surface area contributed by atoms with Crippen LogP contribution in [-0.2, 0) is 11.3 Å². The SMILES string of the molecule is COC(=O)c1cccc(Nc2ccc(C(=O)NCc3ccccc3C)nn2)c1. The van der Waals surface area contributed by atoms with Gasteiger partial charge in [-0.1, -0.05) is 30.3 Å². The molecule has 142 valence electrons. The summed E-state index contributed by atoms with van der Waals surface area (Å²) >= 11 is 0. The molecule has 0 aliphatic rings. The van der Waals surface area contributed by atoms with E-state index in [0.717, 1.165) is 11.1 Å². The molecule has 3 rings (SSSR count). The number of carbonyl (C=O) groups excluding carboxylic acids is 2. The van der Waals surface area contributed by atoms with Crippen LogP contribution in [-0.4, -0.2) is 29.2 Å². The molecule has 0 bridgehead atoms. The number of aromatic nitrogens is 2. The average Bonchev–Trinajstić information content (AvgIpc) is 2.73. The first kappa shape index (κ1) is 19.0. The lowest BCUT2D eigenvalue weighted by Crippen LogP contribution is -2.24. The summed E-state index contributed by atoms with van der Waals surface area (Å²) in [6, 6.07) is 17.9. The fraction of sp³-hybridized carbons (Fsp3) is 0.143. The van der Waals surface area contributed by atoms with Crippen molar-refractivity contribution in [2.75, 3.05) is 12.4 Å². The van der Waals surface area contributed by atoms with Gasteiger partial charge in [-0.25, -0.2) is 4.79 Å². The number of anilines is 2. The largest absolute Gasteiger partial charge is 0.465 e. The highest BCUT2D eigenvalue weighted by atomic mass is 16.5. The Morgan fingerprint density at radius 3 is 2.54 bits per heavy atom. The molecule has 0 radical (unpaired) electrons. The van der Waals surface area contributed by atoms with E-state index in [1.54, 1.807) is 36.4 Å². The van der Waals surface area contributed by atoms with E-state index in [9.17, 15) is 9.59 Å². The maximum Gasteiger partial charge on any atom is 0.337 e. The highest BCUT2D eigenvalue weighted by Crippen LogP contribution is 2.16. The van der Waals surface area contributed by atoms with Gasteiger partial charge in [-0.3, -0.25) is 4.79 Å². The van der Waals surface area contributed by atoms with Crippen LogP contribution in [0.4, 0.5) is 11.5 Å². The summed E-state index contributed by atoms with van der Waals surface area (Å²) in [5.74, 6) is -0.261. The van der Waals surface area contributed by atoms with Gasteiger partial charge in [0.05, 0.1) is 12.7 Å². The number of hydrogen-bond donors (Lipinski definition) is 2. The van der Waals surface area contributed by atoms with Crippen molar-refractivity contribution in [1.82, 2.24) is 15.5 Å². The number of esters is 1. The van der Waals surface area contributed by atoms with Crippen LogP contribution in [0, 0.1) is 6.92 Å². The van der Waals surface area contributed by atoms with Gasteiger partial charge in [-0.05, 0) is 48.4 Å². The van der Waals surface area contributed by atoms with E-state index in [-0.39, 0.29) is 11.6 Å². The van der Waals surface area contributed by atoms with Crippen molar-refractivity contribution in [1.29, 1.82) is 0 Å². The predicted molar refractivity (Wildman–Crippen MR) is 105 cm³/mol. The van der Waals surface area contributed by atoms with Gasteiger partial charge in [0.25, 0.3) is 5.91 Å².